The second kappa shape index (κ2) is 5.16. The number of hydrogen-bond acceptors (Lipinski definition) is 2. The SMILES string of the molecule is Cc1ccc(N2CCN(C(=O)N3CC(F)(F)C3)CC2)cc1. The van der Waals surface area contributed by atoms with E-state index in [2.05, 4.69) is 29.2 Å². The number of rotatable bonds is 1. The van der Waals surface area contributed by atoms with Crippen LogP contribution in [-0.2, 0) is 0 Å². The van der Waals surface area contributed by atoms with Gasteiger partial charge >= 0.3 is 6.03 Å². The molecule has 2 heterocycles. The molecule has 0 aromatic heterocycles. The van der Waals surface area contributed by atoms with Gasteiger partial charge in [-0.1, -0.05) is 17.7 Å². The summed E-state index contributed by atoms with van der Waals surface area (Å²) in [7, 11) is 0. The normalized spacial score (nSPS) is 21.2. The Hall–Kier alpha value is -1.85. The summed E-state index contributed by atoms with van der Waals surface area (Å²) in [5, 5.41) is 0. The summed E-state index contributed by atoms with van der Waals surface area (Å²) in [6, 6.07) is 8.01. The number of carbonyl (C=O) groups is 1. The van der Waals surface area contributed by atoms with Crippen molar-refractivity contribution in [2.24, 2.45) is 0 Å². The minimum Gasteiger partial charge on any atom is -0.368 e. The average Bonchev–Trinajstić information content (AvgIpc) is 2.45. The first-order valence-corrected chi connectivity index (χ1v) is 7.18. The van der Waals surface area contributed by atoms with Crippen LogP contribution < -0.4 is 4.90 Å². The van der Waals surface area contributed by atoms with Crippen molar-refractivity contribution in [2.75, 3.05) is 44.2 Å². The van der Waals surface area contributed by atoms with Crippen LogP contribution in [0.25, 0.3) is 0 Å². The molecular weight excluding hydrogens is 276 g/mol. The molecule has 1 aromatic rings. The first kappa shape index (κ1) is 14.1. The van der Waals surface area contributed by atoms with Crippen LogP contribution in [0.1, 0.15) is 5.56 Å². The standard InChI is InChI=1S/C15H19F2N3O/c1-12-2-4-13(5-3-12)18-6-8-19(9-7-18)14(21)20-10-15(16,17)11-20/h2-5H,6-11H2,1H3. The van der Waals surface area contributed by atoms with Gasteiger partial charge in [0, 0.05) is 31.9 Å². The summed E-state index contributed by atoms with van der Waals surface area (Å²) in [4.78, 5) is 17.2. The fourth-order valence-corrected chi connectivity index (χ4v) is 2.76. The number of aryl methyl sites for hydroxylation is 1. The number of anilines is 1. The summed E-state index contributed by atoms with van der Waals surface area (Å²) >= 11 is 0. The van der Waals surface area contributed by atoms with Crippen molar-refractivity contribution < 1.29 is 13.6 Å². The maximum Gasteiger partial charge on any atom is 0.320 e. The Morgan fingerprint density at radius 3 is 2.10 bits per heavy atom. The third-order valence-electron chi connectivity index (χ3n) is 4.06. The number of nitrogens with zero attached hydrogens (tertiary/aromatic N) is 3. The molecule has 21 heavy (non-hydrogen) atoms. The fourth-order valence-electron chi connectivity index (χ4n) is 2.76. The zero-order valence-electron chi connectivity index (χ0n) is 12.1. The van der Waals surface area contributed by atoms with E-state index in [1.165, 1.54) is 10.5 Å². The molecule has 114 valence electrons. The highest BCUT2D eigenvalue weighted by atomic mass is 19.3. The van der Waals surface area contributed by atoms with Crippen molar-refractivity contribution in [3.63, 3.8) is 0 Å². The predicted octanol–water partition coefficient (Wildman–Crippen LogP) is 2.19. The highest BCUT2D eigenvalue weighted by molar-refractivity contribution is 5.76. The van der Waals surface area contributed by atoms with Crippen LogP contribution in [-0.4, -0.2) is 61.0 Å². The van der Waals surface area contributed by atoms with E-state index >= 15 is 0 Å². The summed E-state index contributed by atoms with van der Waals surface area (Å²) in [6.45, 7) is 3.79. The molecule has 0 saturated carbocycles. The third kappa shape index (κ3) is 2.94. The van der Waals surface area contributed by atoms with Gasteiger partial charge in [-0.3, -0.25) is 0 Å². The van der Waals surface area contributed by atoms with E-state index in [4.69, 9.17) is 0 Å². The first-order valence-electron chi connectivity index (χ1n) is 7.18. The van der Waals surface area contributed by atoms with E-state index in [1.807, 2.05) is 6.92 Å². The number of likely N-dealkylation sites (tertiary alicyclic amines) is 1. The van der Waals surface area contributed by atoms with Crippen LogP contribution in [0.2, 0.25) is 0 Å². The van der Waals surface area contributed by atoms with Crippen LogP contribution in [0.5, 0.6) is 0 Å². The van der Waals surface area contributed by atoms with Gasteiger partial charge in [-0.2, -0.15) is 0 Å². The second-order valence-corrected chi connectivity index (χ2v) is 5.80. The summed E-state index contributed by atoms with van der Waals surface area (Å²) < 4.78 is 25.6. The van der Waals surface area contributed by atoms with Gasteiger partial charge < -0.3 is 14.7 Å². The van der Waals surface area contributed by atoms with Gasteiger partial charge in [-0.15, -0.1) is 0 Å². The van der Waals surface area contributed by atoms with Gasteiger partial charge in [0.15, 0.2) is 0 Å². The Bertz CT molecular complexity index is 516. The average molecular weight is 295 g/mol. The molecule has 2 aliphatic rings. The molecule has 0 aliphatic carbocycles. The lowest BCUT2D eigenvalue weighted by atomic mass is 10.1. The minimum absolute atomic E-state index is 0.260. The highest BCUT2D eigenvalue weighted by Gasteiger charge is 2.47. The molecule has 0 atom stereocenters. The van der Waals surface area contributed by atoms with Crippen molar-refractivity contribution in [1.82, 2.24) is 9.80 Å². The van der Waals surface area contributed by atoms with Crippen molar-refractivity contribution in [3.8, 4) is 0 Å². The van der Waals surface area contributed by atoms with Gasteiger partial charge in [0.05, 0.1) is 13.1 Å². The largest absolute Gasteiger partial charge is 0.368 e. The molecule has 0 spiro atoms. The third-order valence-corrected chi connectivity index (χ3v) is 4.06. The molecule has 2 fully saturated rings. The van der Waals surface area contributed by atoms with Crippen molar-refractivity contribution in [3.05, 3.63) is 29.8 Å². The van der Waals surface area contributed by atoms with Gasteiger partial charge in [-0.25, -0.2) is 13.6 Å². The van der Waals surface area contributed by atoms with E-state index in [9.17, 15) is 13.6 Å². The van der Waals surface area contributed by atoms with Gasteiger partial charge in [0.2, 0.25) is 0 Å². The van der Waals surface area contributed by atoms with Crippen LogP contribution in [0.3, 0.4) is 0 Å². The molecule has 2 amide bonds. The quantitative estimate of drug-likeness (QED) is 0.794. The topological polar surface area (TPSA) is 26.8 Å². The van der Waals surface area contributed by atoms with Gasteiger partial charge in [-0.05, 0) is 19.1 Å². The zero-order valence-corrected chi connectivity index (χ0v) is 12.1. The van der Waals surface area contributed by atoms with Crippen LogP contribution in [0.4, 0.5) is 19.3 Å². The van der Waals surface area contributed by atoms with Crippen molar-refractivity contribution in [1.29, 1.82) is 0 Å². The summed E-state index contributed by atoms with van der Waals surface area (Å²) in [6.07, 6.45) is 0. The van der Waals surface area contributed by atoms with Crippen LogP contribution in [0.15, 0.2) is 24.3 Å². The number of amides is 2. The Kier molecular flexibility index (Phi) is 3.47. The molecule has 3 rings (SSSR count). The molecule has 0 radical (unpaired) electrons. The van der Waals surface area contributed by atoms with Gasteiger partial charge in [0.1, 0.15) is 0 Å². The summed E-state index contributed by atoms with van der Waals surface area (Å²) in [5.74, 6) is -2.70. The van der Waals surface area contributed by atoms with Crippen LogP contribution >= 0.6 is 0 Å². The van der Waals surface area contributed by atoms with E-state index in [-0.39, 0.29) is 6.03 Å². The Labute approximate surface area is 122 Å². The Balaban J connectivity index is 1.53. The van der Waals surface area contributed by atoms with Gasteiger partial charge in [0.25, 0.3) is 5.92 Å². The fraction of sp³-hybridized carbons (Fsp3) is 0.533. The predicted molar refractivity (Wildman–Crippen MR) is 76.9 cm³/mol. The van der Waals surface area contributed by atoms with E-state index in [0.29, 0.717) is 13.1 Å². The number of benzene rings is 1. The number of carbonyl (C=O) groups excluding carboxylic acids is 1. The van der Waals surface area contributed by atoms with Crippen LogP contribution in [0, 0.1) is 6.92 Å². The molecule has 0 N–H and O–H groups in total. The smallest absolute Gasteiger partial charge is 0.320 e. The minimum atomic E-state index is -2.70. The molecule has 1 aromatic carbocycles. The first-order chi connectivity index (χ1) is 9.94. The summed E-state index contributed by atoms with van der Waals surface area (Å²) in [5.41, 5.74) is 2.36. The molecule has 0 bridgehead atoms. The second-order valence-electron chi connectivity index (χ2n) is 5.80. The Morgan fingerprint density at radius 1 is 1.00 bits per heavy atom. The number of urea groups is 1. The number of halogens is 2. The number of piperazine rings is 1. The lowest BCUT2D eigenvalue weighted by Gasteiger charge is -2.44. The van der Waals surface area contributed by atoms with Crippen molar-refractivity contribution in [2.45, 2.75) is 12.8 Å². The van der Waals surface area contributed by atoms with E-state index in [0.717, 1.165) is 18.8 Å². The van der Waals surface area contributed by atoms with E-state index in [1.54, 1.807) is 4.90 Å². The lowest BCUT2D eigenvalue weighted by molar-refractivity contribution is -0.114. The molecule has 2 aliphatic heterocycles. The highest BCUT2D eigenvalue weighted by Crippen LogP contribution is 2.28. The number of alkyl halides is 2. The molecule has 6 heteroatoms. The van der Waals surface area contributed by atoms with E-state index < -0.39 is 19.0 Å². The monoisotopic (exact) mass is 295 g/mol. The lowest BCUT2D eigenvalue weighted by Crippen LogP contribution is -2.63. The maximum absolute atomic E-state index is 12.8. The zero-order chi connectivity index (χ0) is 15.0. The van der Waals surface area contributed by atoms with Crippen molar-refractivity contribution >= 4 is 11.7 Å². The Morgan fingerprint density at radius 2 is 1.57 bits per heavy atom. The number of hydrogen-bond donors (Lipinski definition) is 0. The molecule has 4 nitrogen and oxygen atoms in total. The molecule has 0 unspecified atom stereocenters. The molecule has 2 saturated heterocycles. The molecular formula is C15H19F2N3O. The maximum atomic E-state index is 12.8.